The third kappa shape index (κ3) is 2.72. The number of nitrogens with zero attached hydrogens (tertiary/aromatic N) is 1. The third-order valence-electron chi connectivity index (χ3n) is 2.92. The van der Waals surface area contributed by atoms with Crippen LogP contribution >= 0.6 is 11.6 Å². The zero-order valence-corrected chi connectivity index (χ0v) is 11.3. The summed E-state index contributed by atoms with van der Waals surface area (Å²) in [6.07, 6.45) is -0.0932. The van der Waals surface area contributed by atoms with E-state index in [2.05, 4.69) is 0 Å². The summed E-state index contributed by atoms with van der Waals surface area (Å²) in [5.74, 6) is -2.18. The van der Waals surface area contributed by atoms with E-state index in [1.165, 1.54) is 12.1 Å². The Morgan fingerprint density at radius 2 is 2.11 bits per heavy atom. The Labute approximate surface area is 114 Å². The average molecular weight is 308 g/mol. The monoisotopic (exact) mass is 307 g/mol. The molecule has 0 aliphatic carbocycles. The van der Waals surface area contributed by atoms with Crippen LogP contribution in [0.3, 0.4) is 0 Å². The lowest BCUT2D eigenvalue weighted by Gasteiger charge is -2.37. The largest absolute Gasteiger partial charge is 0.481 e. The number of carboxylic acid groups (broad SMARTS) is 1. The van der Waals surface area contributed by atoms with E-state index in [1.54, 1.807) is 0 Å². The fraction of sp³-hybridized carbons (Fsp3) is 0.364. The molecule has 104 valence electrons. The van der Waals surface area contributed by atoms with Crippen LogP contribution in [0.25, 0.3) is 0 Å². The molecular weight excluding hydrogens is 297 g/mol. The summed E-state index contributed by atoms with van der Waals surface area (Å²) in [6, 6.07) is 3.76. The summed E-state index contributed by atoms with van der Waals surface area (Å²) in [5, 5.41) is 8.33. The van der Waals surface area contributed by atoms with Gasteiger partial charge in [0.05, 0.1) is 11.4 Å². The molecular formula is C11H11ClFNO4S. The minimum atomic E-state index is -3.94. The van der Waals surface area contributed by atoms with Crippen LogP contribution in [-0.2, 0) is 14.8 Å². The highest BCUT2D eigenvalue weighted by Crippen LogP contribution is 2.30. The van der Waals surface area contributed by atoms with E-state index in [0.717, 1.165) is 10.4 Å². The Morgan fingerprint density at radius 1 is 1.47 bits per heavy atom. The molecule has 1 N–H and O–H groups in total. The number of benzene rings is 1. The van der Waals surface area contributed by atoms with Crippen LogP contribution in [0.15, 0.2) is 23.1 Å². The molecule has 1 aliphatic rings. The van der Waals surface area contributed by atoms with Gasteiger partial charge in [0.15, 0.2) is 5.82 Å². The molecule has 0 unspecified atom stereocenters. The van der Waals surface area contributed by atoms with Crippen LogP contribution in [0.1, 0.15) is 6.42 Å². The first kappa shape index (κ1) is 14.2. The van der Waals surface area contributed by atoms with Gasteiger partial charge in [-0.2, -0.15) is 4.31 Å². The molecule has 19 heavy (non-hydrogen) atoms. The second-order valence-electron chi connectivity index (χ2n) is 4.34. The van der Waals surface area contributed by atoms with Gasteiger partial charge in [-0.1, -0.05) is 17.7 Å². The summed E-state index contributed by atoms with van der Waals surface area (Å²) >= 11 is 5.55. The van der Waals surface area contributed by atoms with E-state index in [0.29, 0.717) is 0 Å². The van der Waals surface area contributed by atoms with Crippen LogP contribution < -0.4 is 0 Å². The van der Waals surface area contributed by atoms with Crippen LogP contribution in [-0.4, -0.2) is 36.9 Å². The fourth-order valence-corrected chi connectivity index (χ4v) is 3.83. The quantitative estimate of drug-likeness (QED) is 0.916. The minimum absolute atomic E-state index is 0.0839. The van der Waals surface area contributed by atoms with Gasteiger partial charge in [0.25, 0.3) is 0 Å². The molecule has 0 amide bonds. The topological polar surface area (TPSA) is 74.7 Å². The molecule has 1 aromatic carbocycles. The number of rotatable bonds is 4. The van der Waals surface area contributed by atoms with E-state index >= 15 is 0 Å². The van der Waals surface area contributed by atoms with Crippen molar-refractivity contribution >= 4 is 27.6 Å². The first-order valence-corrected chi connectivity index (χ1v) is 7.30. The summed E-state index contributed by atoms with van der Waals surface area (Å²) in [6.45, 7) is 0.168. The molecule has 1 aliphatic heterocycles. The molecule has 0 bridgehead atoms. The normalized spacial score (nSPS) is 17.2. The summed E-state index contributed by atoms with van der Waals surface area (Å²) < 4.78 is 38.9. The predicted molar refractivity (Wildman–Crippen MR) is 65.9 cm³/mol. The molecule has 0 atom stereocenters. The van der Waals surface area contributed by atoms with E-state index in [4.69, 9.17) is 16.7 Å². The maximum atomic E-state index is 13.7. The molecule has 0 spiro atoms. The Hall–Kier alpha value is -1.18. The summed E-state index contributed by atoms with van der Waals surface area (Å²) in [7, 11) is -3.94. The Balaban J connectivity index is 2.17. The van der Waals surface area contributed by atoms with Gasteiger partial charge in [0, 0.05) is 13.1 Å². The van der Waals surface area contributed by atoms with Crippen molar-refractivity contribution in [1.82, 2.24) is 4.31 Å². The van der Waals surface area contributed by atoms with Gasteiger partial charge in [-0.15, -0.1) is 0 Å². The van der Waals surface area contributed by atoms with Crippen molar-refractivity contribution in [2.45, 2.75) is 11.3 Å². The van der Waals surface area contributed by atoms with Crippen molar-refractivity contribution in [3.63, 3.8) is 0 Å². The Morgan fingerprint density at radius 3 is 2.68 bits per heavy atom. The number of carbonyl (C=O) groups is 1. The van der Waals surface area contributed by atoms with E-state index < -0.39 is 26.7 Å². The average Bonchev–Trinajstić information content (AvgIpc) is 2.26. The fourth-order valence-electron chi connectivity index (χ4n) is 1.92. The number of hydrogen-bond donors (Lipinski definition) is 1. The molecule has 1 fully saturated rings. The highest BCUT2D eigenvalue weighted by atomic mass is 35.5. The summed E-state index contributed by atoms with van der Waals surface area (Å²) in [5.41, 5.74) is 0. The molecule has 5 nitrogen and oxygen atoms in total. The van der Waals surface area contributed by atoms with Crippen molar-refractivity contribution in [2.24, 2.45) is 5.92 Å². The number of aliphatic carboxylic acids is 1. The first-order valence-electron chi connectivity index (χ1n) is 5.48. The van der Waals surface area contributed by atoms with Gasteiger partial charge in [-0.25, -0.2) is 12.8 Å². The highest BCUT2D eigenvalue weighted by molar-refractivity contribution is 7.89. The van der Waals surface area contributed by atoms with Crippen molar-refractivity contribution in [3.05, 3.63) is 29.0 Å². The zero-order valence-electron chi connectivity index (χ0n) is 9.71. The lowest BCUT2D eigenvalue weighted by molar-refractivity contribution is -0.139. The second kappa shape index (κ2) is 5.07. The third-order valence-corrected chi connectivity index (χ3v) is 5.06. The highest BCUT2D eigenvalue weighted by Gasteiger charge is 2.39. The van der Waals surface area contributed by atoms with Gasteiger partial charge in [0.2, 0.25) is 10.0 Å². The minimum Gasteiger partial charge on any atom is -0.481 e. The number of sulfonamides is 1. The van der Waals surface area contributed by atoms with Gasteiger partial charge in [-0.05, 0) is 18.1 Å². The van der Waals surface area contributed by atoms with Crippen molar-refractivity contribution < 1.29 is 22.7 Å². The second-order valence-corrected chi connectivity index (χ2v) is 6.65. The molecule has 1 saturated heterocycles. The lowest BCUT2D eigenvalue weighted by Crippen LogP contribution is -2.50. The van der Waals surface area contributed by atoms with E-state index in [1.807, 2.05) is 0 Å². The SMILES string of the molecule is O=C(O)CC1CN(S(=O)(=O)c2cccc(Cl)c2F)C1. The lowest BCUT2D eigenvalue weighted by atomic mass is 10.00. The number of carboxylic acids is 1. The van der Waals surface area contributed by atoms with Crippen LogP contribution in [0, 0.1) is 11.7 Å². The zero-order chi connectivity index (χ0) is 14.2. The van der Waals surface area contributed by atoms with Crippen molar-refractivity contribution in [3.8, 4) is 0 Å². The molecule has 2 rings (SSSR count). The standard InChI is InChI=1S/C11H11ClFNO4S/c12-8-2-1-3-9(11(8)13)19(17,18)14-5-7(6-14)4-10(15)16/h1-3,7H,4-6H2,(H,15,16). The van der Waals surface area contributed by atoms with Crippen LogP contribution in [0.2, 0.25) is 5.02 Å². The van der Waals surface area contributed by atoms with E-state index in [-0.39, 0.29) is 30.5 Å². The van der Waals surface area contributed by atoms with Crippen molar-refractivity contribution in [1.29, 1.82) is 0 Å². The molecule has 8 heteroatoms. The van der Waals surface area contributed by atoms with E-state index in [9.17, 15) is 17.6 Å². The van der Waals surface area contributed by atoms with Crippen LogP contribution in [0.5, 0.6) is 0 Å². The predicted octanol–water partition coefficient (Wildman–Crippen LogP) is 1.57. The number of halogens is 2. The molecule has 0 saturated carbocycles. The Bertz CT molecular complexity index is 613. The van der Waals surface area contributed by atoms with Crippen molar-refractivity contribution in [2.75, 3.05) is 13.1 Å². The molecule has 1 aromatic rings. The first-order chi connectivity index (χ1) is 8.82. The Kier molecular flexibility index (Phi) is 3.80. The number of hydrogen-bond acceptors (Lipinski definition) is 3. The van der Waals surface area contributed by atoms with Gasteiger partial charge >= 0.3 is 5.97 Å². The summed E-state index contributed by atoms with van der Waals surface area (Å²) in [4.78, 5) is 10.0. The maximum Gasteiger partial charge on any atom is 0.303 e. The van der Waals surface area contributed by atoms with Crippen LogP contribution in [0.4, 0.5) is 4.39 Å². The molecule has 1 heterocycles. The van der Waals surface area contributed by atoms with Gasteiger partial charge in [-0.3, -0.25) is 4.79 Å². The molecule has 0 radical (unpaired) electrons. The van der Waals surface area contributed by atoms with Gasteiger partial charge < -0.3 is 5.11 Å². The molecule has 0 aromatic heterocycles. The maximum absolute atomic E-state index is 13.7. The smallest absolute Gasteiger partial charge is 0.303 e. The van der Waals surface area contributed by atoms with Gasteiger partial charge in [0.1, 0.15) is 4.90 Å².